The van der Waals surface area contributed by atoms with E-state index in [0.717, 1.165) is 37.4 Å². The van der Waals surface area contributed by atoms with Crippen LogP contribution >= 0.6 is 0 Å². The Bertz CT molecular complexity index is 304. The molecule has 1 aromatic rings. The van der Waals surface area contributed by atoms with Gasteiger partial charge in [-0.1, -0.05) is 0 Å². The van der Waals surface area contributed by atoms with Gasteiger partial charge >= 0.3 is 0 Å². The molecule has 0 spiro atoms. The Morgan fingerprint density at radius 3 is 2.38 bits per heavy atom. The van der Waals surface area contributed by atoms with Gasteiger partial charge in [0.15, 0.2) is 0 Å². The Hall–Kier alpha value is -1.22. The Labute approximate surface area is 96.8 Å². The molecule has 3 nitrogen and oxygen atoms in total. The van der Waals surface area contributed by atoms with E-state index in [2.05, 4.69) is 5.32 Å². The van der Waals surface area contributed by atoms with Crippen LogP contribution in [0.1, 0.15) is 19.8 Å². The largest absolute Gasteiger partial charge is 0.494 e. The summed E-state index contributed by atoms with van der Waals surface area (Å²) in [7, 11) is 0. The van der Waals surface area contributed by atoms with Crippen LogP contribution in [-0.2, 0) is 0 Å². The van der Waals surface area contributed by atoms with Gasteiger partial charge < -0.3 is 14.8 Å². The van der Waals surface area contributed by atoms with Crippen LogP contribution in [0.2, 0.25) is 0 Å². The molecule has 88 valence electrons. The maximum absolute atomic E-state index is 5.89. The highest BCUT2D eigenvalue weighted by Gasteiger charge is 2.14. The van der Waals surface area contributed by atoms with Crippen molar-refractivity contribution in [3.05, 3.63) is 24.3 Å². The topological polar surface area (TPSA) is 30.5 Å². The van der Waals surface area contributed by atoms with E-state index in [1.165, 1.54) is 0 Å². The van der Waals surface area contributed by atoms with E-state index in [1.807, 2.05) is 31.2 Å². The Kier molecular flexibility index (Phi) is 4.05. The third kappa shape index (κ3) is 3.14. The van der Waals surface area contributed by atoms with E-state index in [-0.39, 0.29) is 0 Å². The number of ether oxygens (including phenoxy) is 2. The molecule has 0 aromatic heterocycles. The van der Waals surface area contributed by atoms with E-state index >= 15 is 0 Å². The minimum atomic E-state index is 0.360. The average Bonchev–Trinajstić information content (AvgIpc) is 2.33. The molecule has 3 heteroatoms. The second-order valence-electron chi connectivity index (χ2n) is 3.97. The number of hydrogen-bond donors (Lipinski definition) is 1. The van der Waals surface area contributed by atoms with Crippen LogP contribution in [0.4, 0.5) is 0 Å². The van der Waals surface area contributed by atoms with Gasteiger partial charge in [-0.05, 0) is 57.1 Å². The summed E-state index contributed by atoms with van der Waals surface area (Å²) in [5.41, 5.74) is 0. The Morgan fingerprint density at radius 1 is 1.12 bits per heavy atom. The van der Waals surface area contributed by atoms with Gasteiger partial charge in [-0.25, -0.2) is 0 Å². The van der Waals surface area contributed by atoms with Crippen molar-refractivity contribution in [2.75, 3.05) is 19.7 Å². The predicted molar refractivity (Wildman–Crippen MR) is 64.1 cm³/mol. The summed E-state index contributed by atoms with van der Waals surface area (Å²) in [6.45, 7) is 4.80. The summed E-state index contributed by atoms with van der Waals surface area (Å²) < 4.78 is 11.3. The van der Waals surface area contributed by atoms with Crippen molar-refractivity contribution in [1.82, 2.24) is 5.32 Å². The molecule has 1 aromatic carbocycles. The third-order valence-corrected chi connectivity index (χ3v) is 2.72. The highest BCUT2D eigenvalue weighted by atomic mass is 16.5. The molecule has 1 heterocycles. The first kappa shape index (κ1) is 11.3. The van der Waals surface area contributed by atoms with Gasteiger partial charge in [0.1, 0.15) is 17.6 Å². The Balaban J connectivity index is 1.88. The van der Waals surface area contributed by atoms with Crippen molar-refractivity contribution in [2.45, 2.75) is 25.9 Å². The normalized spacial score (nSPS) is 17.1. The summed E-state index contributed by atoms with van der Waals surface area (Å²) >= 11 is 0. The predicted octanol–water partition coefficient (Wildman–Crippen LogP) is 2.22. The highest BCUT2D eigenvalue weighted by Crippen LogP contribution is 2.20. The van der Waals surface area contributed by atoms with Gasteiger partial charge in [0, 0.05) is 0 Å². The van der Waals surface area contributed by atoms with Gasteiger partial charge in [0.05, 0.1) is 6.61 Å². The van der Waals surface area contributed by atoms with Gasteiger partial charge in [0.2, 0.25) is 0 Å². The monoisotopic (exact) mass is 221 g/mol. The molecule has 1 aliphatic heterocycles. The second-order valence-corrected chi connectivity index (χ2v) is 3.97. The minimum Gasteiger partial charge on any atom is -0.494 e. The van der Waals surface area contributed by atoms with E-state index in [1.54, 1.807) is 0 Å². The maximum Gasteiger partial charge on any atom is 0.119 e. The van der Waals surface area contributed by atoms with Crippen molar-refractivity contribution in [3.63, 3.8) is 0 Å². The first-order valence-electron chi connectivity index (χ1n) is 5.98. The molecular formula is C13H19NO2. The number of rotatable bonds is 4. The fourth-order valence-corrected chi connectivity index (χ4v) is 1.89. The van der Waals surface area contributed by atoms with Crippen molar-refractivity contribution >= 4 is 0 Å². The van der Waals surface area contributed by atoms with E-state index < -0.39 is 0 Å². The molecule has 16 heavy (non-hydrogen) atoms. The average molecular weight is 221 g/mol. The van der Waals surface area contributed by atoms with Crippen LogP contribution in [-0.4, -0.2) is 25.8 Å². The third-order valence-electron chi connectivity index (χ3n) is 2.72. The molecule has 0 aliphatic carbocycles. The van der Waals surface area contributed by atoms with Crippen LogP contribution in [0.25, 0.3) is 0 Å². The van der Waals surface area contributed by atoms with Crippen molar-refractivity contribution in [1.29, 1.82) is 0 Å². The summed E-state index contributed by atoms with van der Waals surface area (Å²) in [6.07, 6.45) is 2.54. The van der Waals surface area contributed by atoms with Crippen molar-refractivity contribution in [2.24, 2.45) is 0 Å². The second kappa shape index (κ2) is 5.75. The van der Waals surface area contributed by atoms with Gasteiger partial charge in [-0.15, -0.1) is 0 Å². The zero-order valence-corrected chi connectivity index (χ0v) is 9.74. The molecule has 0 bridgehead atoms. The molecule has 1 fully saturated rings. The molecule has 1 aliphatic rings. The minimum absolute atomic E-state index is 0.360. The number of nitrogens with one attached hydrogen (secondary N) is 1. The summed E-state index contributed by atoms with van der Waals surface area (Å²) in [5, 5.41) is 3.33. The quantitative estimate of drug-likeness (QED) is 0.845. The van der Waals surface area contributed by atoms with Crippen molar-refractivity contribution in [3.8, 4) is 11.5 Å². The van der Waals surface area contributed by atoms with E-state index in [9.17, 15) is 0 Å². The molecule has 1 saturated heterocycles. The van der Waals surface area contributed by atoms with Gasteiger partial charge in [-0.3, -0.25) is 0 Å². The molecular weight excluding hydrogens is 202 g/mol. The standard InChI is InChI=1S/C13H19NO2/c1-2-15-11-3-5-12(6-4-11)16-13-7-9-14-10-8-13/h3-6,13-14H,2,7-10H2,1H3. The lowest BCUT2D eigenvalue weighted by Gasteiger charge is -2.23. The van der Waals surface area contributed by atoms with Crippen LogP contribution < -0.4 is 14.8 Å². The van der Waals surface area contributed by atoms with Gasteiger partial charge in [0.25, 0.3) is 0 Å². The lowest BCUT2D eigenvalue weighted by molar-refractivity contribution is 0.162. The van der Waals surface area contributed by atoms with Crippen LogP contribution in [0.5, 0.6) is 11.5 Å². The van der Waals surface area contributed by atoms with Gasteiger partial charge in [-0.2, -0.15) is 0 Å². The fourth-order valence-electron chi connectivity index (χ4n) is 1.89. The summed E-state index contributed by atoms with van der Waals surface area (Å²) in [4.78, 5) is 0. The first-order chi connectivity index (χ1) is 7.88. The highest BCUT2D eigenvalue weighted by molar-refractivity contribution is 5.31. The van der Waals surface area contributed by atoms with Crippen molar-refractivity contribution < 1.29 is 9.47 Å². The molecule has 0 atom stereocenters. The number of hydrogen-bond acceptors (Lipinski definition) is 3. The molecule has 0 radical (unpaired) electrons. The molecule has 0 saturated carbocycles. The molecule has 0 amide bonds. The fraction of sp³-hybridized carbons (Fsp3) is 0.538. The molecule has 1 N–H and O–H groups in total. The van der Waals surface area contributed by atoms with E-state index in [0.29, 0.717) is 12.7 Å². The SMILES string of the molecule is CCOc1ccc(OC2CCNCC2)cc1. The summed E-state index contributed by atoms with van der Waals surface area (Å²) in [5.74, 6) is 1.84. The Morgan fingerprint density at radius 2 is 1.75 bits per heavy atom. The summed E-state index contributed by atoms with van der Waals surface area (Å²) in [6, 6.07) is 7.87. The first-order valence-corrected chi connectivity index (χ1v) is 5.98. The van der Waals surface area contributed by atoms with Crippen LogP contribution in [0.15, 0.2) is 24.3 Å². The molecule has 2 rings (SSSR count). The lowest BCUT2D eigenvalue weighted by atomic mass is 10.1. The number of piperidine rings is 1. The van der Waals surface area contributed by atoms with Crippen LogP contribution in [0.3, 0.4) is 0 Å². The smallest absolute Gasteiger partial charge is 0.119 e. The maximum atomic E-state index is 5.89. The van der Waals surface area contributed by atoms with Crippen LogP contribution in [0, 0.1) is 0 Å². The molecule has 0 unspecified atom stereocenters. The zero-order valence-electron chi connectivity index (χ0n) is 9.74. The zero-order chi connectivity index (χ0) is 11.2. The van der Waals surface area contributed by atoms with E-state index in [4.69, 9.17) is 9.47 Å². The number of benzene rings is 1. The lowest BCUT2D eigenvalue weighted by Crippen LogP contribution is -2.34.